The van der Waals surface area contributed by atoms with Crippen LogP contribution < -0.4 is 15.5 Å². The van der Waals surface area contributed by atoms with E-state index in [9.17, 15) is 0 Å². The number of allylic oxidation sites excluding steroid dienone is 3. The number of nitrogens with one attached hydrogen (secondary N) is 1. The molecule has 2 fully saturated rings. The summed E-state index contributed by atoms with van der Waals surface area (Å²) < 4.78 is 2.31. The highest BCUT2D eigenvalue weighted by Crippen LogP contribution is 2.66. The zero-order chi connectivity index (χ0) is 20.8. The van der Waals surface area contributed by atoms with Crippen LogP contribution in [-0.4, -0.2) is 18.0 Å². The molecule has 156 valence electrons. The van der Waals surface area contributed by atoms with Crippen molar-refractivity contribution in [2.75, 3.05) is 17.9 Å². The quantitative estimate of drug-likeness (QED) is 0.619. The van der Waals surface area contributed by atoms with E-state index in [2.05, 4.69) is 95.7 Å². The first-order chi connectivity index (χ1) is 14.5. The van der Waals surface area contributed by atoms with E-state index < -0.39 is 6.19 Å². The Morgan fingerprint density at radius 1 is 0.900 bits per heavy atom. The molecule has 2 heterocycles. The van der Waals surface area contributed by atoms with Crippen LogP contribution in [0.4, 0.5) is 5.69 Å². The highest BCUT2D eigenvalue weighted by molar-refractivity contribution is 8.21. The Balaban J connectivity index is 1.75. The van der Waals surface area contributed by atoms with Gasteiger partial charge in [-0.3, -0.25) is 10.2 Å². The maximum atomic E-state index is 6.71. The second-order valence-corrected chi connectivity index (χ2v) is 13.3. The highest BCUT2D eigenvalue weighted by Gasteiger charge is 2.47. The van der Waals surface area contributed by atoms with E-state index in [-0.39, 0.29) is 5.41 Å². The number of fused-ring (bicyclic) bond motifs is 1. The Bertz CT molecular complexity index is 1040. The van der Waals surface area contributed by atoms with Gasteiger partial charge in [0.2, 0.25) is 0 Å². The standard InChI is InChI=1S/C25H30N3PS/c1-25(2)18-22-24(23(19-25)27-16-10-5-11-17-27)29(30,21-14-8-4-9-15-21)28(26-22)20-12-6-3-7-13-20/h3-4,6-9,12-15,18,26H,5,10-11,16-17,19H2,1-2H3/t29-/m1/s1. The highest BCUT2D eigenvalue weighted by atomic mass is 32.4. The average Bonchev–Trinajstić information content (AvgIpc) is 3.07. The van der Waals surface area contributed by atoms with Crippen molar-refractivity contribution < 1.29 is 0 Å². The number of nitrogens with zero attached hydrogens (tertiary/aromatic N) is 2. The second kappa shape index (κ2) is 7.59. The lowest BCUT2D eigenvalue weighted by molar-refractivity contribution is 0.254. The molecule has 0 saturated carbocycles. The van der Waals surface area contributed by atoms with E-state index in [0.717, 1.165) is 25.2 Å². The van der Waals surface area contributed by atoms with Gasteiger partial charge in [0.25, 0.3) is 0 Å². The molecule has 1 N–H and O–H groups in total. The van der Waals surface area contributed by atoms with Gasteiger partial charge in [0, 0.05) is 24.1 Å². The Labute approximate surface area is 185 Å². The molecule has 30 heavy (non-hydrogen) atoms. The molecule has 2 aromatic carbocycles. The maximum absolute atomic E-state index is 6.71. The number of benzene rings is 2. The minimum absolute atomic E-state index is 0.113. The van der Waals surface area contributed by atoms with E-state index in [1.165, 1.54) is 41.3 Å². The average molecular weight is 436 g/mol. The Kier molecular flexibility index (Phi) is 5.03. The fourth-order valence-electron chi connectivity index (χ4n) is 4.99. The van der Waals surface area contributed by atoms with Crippen molar-refractivity contribution in [1.29, 1.82) is 0 Å². The van der Waals surface area contributed by atoms with Gasteiger partial charge in [0.1, 0.15) is 6.19 Å². The molecular weight excluding hydrogens is 405 g/mol. The molecule has 0 bridgehead atoms. The lowest BCUT2D eigenvalue weighted by Crippen LogP contribution is -2.34. The van der Waals surface area contributed by atoms with Gasteiger partial charge in [-0.2, -0.15) is 0 Å². The van der Waals surface area contributed by atoms with Crippen molar-refractivity contribution in [3.63, 3.8) is 0 Å². The summed E-state index contributed by atoms with van der Waals surface area (Å²) in [6, 6.07) is 21.4. The van der Waals surface area contributed by atoms with Crippen LogP contribution in [0.15, 0.2) is 83.4 Å². The molecule has 1 aliphatic carbocycles. The van der Waals surface area contributed by atoms with Crippen LogP contribution in [0.1, 0.15) is 39.5 Å². The van der Waals surface area contributed by atoms with Crippen molar-refractivity contribution in [1.82, 2.24) is 10.3 Å². The number of para-hydroxylation sites is 1. The van der Waals surface area contributed by atoms with Gasteiger partial charge in [0.05, 0.1) is 16.7 Å². The zero-order valence-electron chi connectivity index (χ0n) is 17.8. The van der Waals surface area contributed by atoms with Gasteiger partial charge >= 0.3 is 0 Å². The van der Waals surface area contributed by atoms with Crippen LogP contribution in [0.5, 0.6) is 0 Å². The summed E-state index contributed by atoms with van der Waals surface area (Å²) in [7, 11) is 0. The van der Waals surface area contributed by atoms with E-state index in [4.69, 9.17) is 11.8 Å². The summed E-state index contributed by atoms with van der Waals surface area (Å²) in [5, 5.41) is 2.64. The van der Waals surface area contributed by atoms with E-state index >= 15 is 0 Å². The molecule has 2 aliphatic heterocycles. The maximum Gasteiger partial charge on any atom is 0.116 e. The topological polar surface area (TPSA) is 18.5 Å². The van der Waals surface area contributed by atoms with Gasteiger partial charge in [-0.15, -0.1) is 0 Å². The molecule has 0 aromatic heterocycles. The first kappa shape index (κ1) is 19.9. The summed E-state index contributed by atoms with van der Waals surface area (Å²) in [6.45, 7) is 6.99. The molecule has 3 aliphatic rings. The van der Waals surface area contributed by atoms with Crippen LogP contribution >= 0.6 is 6.19 Å². The van der Waals surface area contributed by atoms with Crippen molar-refractivity contribution in [2.45, 2.75) is 39.5 Å². The number of rotatable bonds is 3. The van der Waals surface area contributed by atoms with E-state index in [0.29, 0.717) is 0 Å². The fourth-order valence-corrected chi connectivity index (χ4v) is 9.35. The van der Waals surface area contributed by atoms with Crippen molar-refractivity contribution in [2.24, 2.45) is 5.41 Å². The molecule has 2 aromatic rings. The third-order valence-corrected chi connectivity index (χ3v) is 11.0. The number of piperidine rings is 1. The summed E-state index contributed by atoms with van der Waals surface area (Å²) in [4.78, 5) is 2.65. The van der Waals surface area contributed by atoms with Gasteiger partial charge in [-0.1, -0.05) is 80.3 Å². The summed E-state index contributed by atoms with van der Waals surface area (Å²) >= 11 is 6.71. The first-order valence-electron chi connectivity index (χ1n) is 11.0. The van der Waals surface area contributed by atoms with Crippen LogP contribution in [0.25, 0.3) is 0 Å². The molecule has 0 radical (unpaired) electrons. The summed E-state index contributed by atoms with van der Waals surface area (Å²) in [5.74, 6) is 0. The molecular formula is C25H30N3PS. The third-order valence-electron chi connectivity index (χ3n) is 6.34. The Morgan fingerprint density at radius 3 is 2.20 bits per heavy atom. The molecule has 0 amide bonds. The number of likely N-dealkylation sites (tertiary alicyclic amines) is 1. The van der Waals surface area contributed by atoms with Crippen LogP contribution in [0.3, 0.4) is 0 Å². The largest absolute Gasteiger partial charge is 0.374 e. The van der Waals surface area contributed by atoms with Crippen LogP contribution in [0.2, 0.25) is 0 Å². The van der Waals surface area contributed by atoms with E-state index in [1.807, 2.05) is 0 Å². The van der Waals surface area contributed by atoms with Crippen LogP contribution in [-0.2, 0) is 11.8 Å². The number of anilines is 1. The molecule has 5 rings (SSSR count). The van der Waals surface area contributed by atoms with Crippen molar-refractivity contribution in [3.05, 3.63) is 83.4 Å². The van der Waals surface area contributed by atoms with Gasteiger partial charge in [-0.05, 0) is 43.2 Å². The minimum Gasteiger partial charge on any atom is -0.374 e. The van der Waals surface area contributed by atoms with Gasteiger partial charge in [-0.25, -0.2) is 0 Å². The molecule has 0 unspecified atom stereocenters. The van der Waals surface area contributed by atoms with Gasteiger partial charge in [0.15, 0.2) is 0 Å². The number of hydrogen-bond acceptors (Lipinski definition) is 3. The third kappa shape index (κ3) is 3.31. The normalized spacial score (nSPS) is 25.6. The molecule has 3 nitrogen and oxygen atoms in total. The lowest BCUT2D eigenvalue weighted by atomic mass is 9.82. The Hall–Kier alpha value is -2.03. The first-order valence-corrected chi connectivity index (χ1v) is 13.7. The number of hydrogen-bond donors (Lipinski definition) is 1. The molecule has 0 spiro atoms. The molecule has 2 saturated heterocycles. The predicted molar refractivity (Wildman–Crippen MR) is 131 cm³/mol. The molecule has 1 atom stereocenters. The second-order valence-electron chi connectivity index (χ2n) is 9.24. The van der Waals surface area contributed by atoms with Crippen molar-refractivity contribution in [3.8, 4) is 0 Å². The van der Waals surface area contributed by atoms with Gasteiger partial charge < -0.3 is 4.90 Å². The minimum atomic E-state index is -2.24. The molecule has 5 heteroatoms. The zero-order valence-corrected chi connectivity index (χ0v) is 19.6. The van der Waals surface area contributed by atoms with E-state index in [1.54, 1.807) is 0 Å². The smallest absolute Gasteiger partial charge is 0.116 e. The fraction of sp³-hybridized carbons (Fsp3) is 0.360. The predicted octanol–water partition coefficient (Wildman–Crippen LogP) is 5.74. The lowest BCUT2D eigenvalue weighted by Gasteiger charge is -2.39. The SMILES string of the molecule is CC1(C)C=C2NN(c3ccccc3)[P@@](=S)(c3ccccc3)C2=C(N2CCCCC2)C1. The Morgan fingerprint density at radius 2 is 1.53 bits per heavy atom. The monoisotopic (exact) mass is 435 g/mol. The summed E-state index contributed by atoms with van der Waals surface area (Å²) in [5.41, 5.74) is 7.74. The summed E-state index contributed by atoms with van der Waals surface area (Å²) in [6.07, 6.45) is 5.13. The van der Waals surface area contributed by atoms with Crippen molar-refractivity contribution >= 4 is 29.0 Å². The van der Waals surface area contributed by atoms with Crippen LogP contribution in [0, 0.1) is 5.41 Å². The number of hydrazine groups is 1.